The van der Waals surface area contributed by atoms with Crippen LogP contribution in [0.5, 0.6) is 0 Å². The third kappa shape index (κ3) is 4.25. The number of pyridine rings is 1. The van der Waals surface area contributed by atoms with Crippen molar-refractivity contribution < 1.29 is 23.9 Å². The number of carbonyl (C=O) groups is 1. The molecule has 0 saturated carbocycles. The van der Waals surface area contributed by atoms with Crippen molar-refractivity contribution in [2.24, 2.45) is 7.05 Å². The predicted octanol–water partition coefficient (Wildman–Crippen LogP) is -0.958. The number of aliphatic hydroxyl groups excluding tert-OH is 2. The van der Waals surface area contributed by atoms with Crippen LogP contribution in [-0.2, 0) is 23.1 Å². The topological polar surface area (TPSA) is 191 Å². The molecule has 4 aromatic rings. The van der Waals surface area contributed by atoms with Gasteiger partial charge in [0.15, 0.2) is 41.0 Å². The number of hydrogen-bond acceptors (Lipinski definition) is 12. The van der Waals surface area contributed by atoms with Crippen molar-refractivity contribution >= 4 is 34.5 Å². The van der Waals surface area contributed by atoms with Crippen molar-refractivity contribution in [2.75, 3.05) is 12.3 Å². The quantitative estimate of drug-likeness (QED) is 0.252. The average molecular weight is 505 g/mol. The number of amides is 1. The van der Waals surface area contributed by atoms with Crippen LogP contribution in [0.25, 0.3) is 22.6 Å². The highest BCUT2D eigenvalue weighted by atomic mass is 35.5. The molecule has 1 amide bonds. The van der Waals surface area contributed by atoms with E-state index < -0.39 is 37.4 Å². The van der Waals surface area contributed by atoms with Gasteiger partial charge in [-0.1, -0.05) is 11.6 Å². The average Bonchev–Trinajstić information content (AvgIpc) is 3.54. The molecule has 16 heteroatoms. The minimum atomic E-state index is -2.81. The molecule has 182 valence electrons. The summed E-state index contributed by atoms with van der Waals surface area (Å²) in [4.78, 5) is 31.1. The number of rotatable bonds is 6. The van der Waals surface area contributed by atoms with Gasteiger partial charge in [-0.15, -0.1) is 10.2 Å². The Bertz CT molecular complexity index is 1500. The molecule has 0 aliphatic carbocycles. The van der Waals surface area contributed by atoms with E-state index in [9.17, 15) is 15.0 Å². The van der Waals surface area contributed by atoms with E-state index in [2.05, 4.69) is 40.7 Å². The number of aryl methyl sites for hydroxylation is 1. The number of tetrazole rings is 1. The van der Waals surface area contributed by atoms with Gasteiger partial charge in [-0.2, -0.15) is 4.80 Å². The van der Waals surface area contributed by atoms with Crippen molar-refractivity contribution in [2.45, 2.75) is 31.1 Å². The van der Waals surface area contributed by atoms with E-state index in [-0.39, 0.29) is 29.4 Å². The lowest BCUT2D eigenvalue weighted by molar-refractivity contribution is -0.137. The Kier molecular flexibility index (Phi) is 5.07. The highest BCUT2D eigenvalue weighted by molar-refractivity contribution is 6.30. The van der Waals surface area contributed by atoms with Crippen molar-refractivity contribution in [1.29, 1.82) is 0 Å². The summed E-state index contributed by atoms with van der Waals surface area (Å²) >= 11 is 6.10. The normalized spacial score (nSPS) is 23.6. The van der Waals surface area contributed by atoms with Gasteiger partial charge in [0.1, 0.15) is 12.2 Å². The fraction of sp³-hybridized carbons (Fsp3) is 0.368. The molecule has 5 heterocycles. The van der Waals surface area contributed by atoms with Crippen molar-refractivity contribution in [3.05, 3.63) is 35.6 Å². The smallest absolute Gasteiger partial charge is 0.251 e. The molecule has 35 heavy (non-hydrogen) atoms. The summed E-state index contributed by atoms with van der Waals surface area (Å²) in [6, 6.07) is 1.60. The number of fused-ring (bicyclic) bond motifs is 1. The maximum atomic E-state index is 12.4. The lowest BCUT2D eigenvalue weighted by Gasteiger charge is -2.17. The lowest BCUT2D eigenvalue weighted by atomic mass is 10.1. The molecule has 4 N–H and O–H groups in total. The number of halogens is 1. The third-order valence-electron chi connectivity index (χ3n) is 5.24. The first-order valence-corrected chi connectivity index (χ1v) is 10.5. The summed E-state index contributed by atoms with van der Waals surface area (Å²) in [6.45, 7) is -2.67. The first-order chi connectivity index (χ1) is 18.0. The zero-order chi connectivity index (χ0) is 27.2. The van der Waals surface area contributed by atoms with Gasteiger partial charge in [0.05, 0.1) is 24.9 Å². The molecular weight excluding hydrogens is 482 g/mol. The lowest BCUT2D eigenvalue weighted by Crippen LogP contribution is -2.41. The number of likely N-dealkylation sites (N-methyl/N-ethyl adjacent to an activating group) is 1. The number of nitrogens with zero attached hydrogens (tertiary/aromatic N) is 9. The van der Waals surface area contributed by atoms with Crippen LogP contribution in [-0.4, -0.2) is 86.1 Å². The van der Waals surface area contributed by atoms with Crippen LogP contribution >= 0.6 is 11.6 Å². The number of aliphatic hydroxyl groups is 2. The molecule has 0 bridgehead atoms. The van der Waals surface area contributed by atoms with Gasteiger partial charge < -0.3 is 25.6 Å². The van der Waals surface area contributed by atoms with Gasteiger partial charge in [-0.25, -0.2) is 15.0 Å². The molecule has 1 aliphatic heterocycles. The predicted molar refractivity (Wildman–Crippen MR) is 120 cm³/mol. The molecule has 0 radical (unpaired) electrons. The molecule has 15 nitrogen and oxygen atoms in total. The van der Waals surface area contributed by atoms with Crippen LogP contribution in [0.1, 0.15) is 16.2 Å². The Hall–Kier alpha value is -3.79. The second kappa shape index (κ2) is 9.10. The maximum absolute atomic E-state index is 12.4. The van der Waals surface area contributed by atoms with Crippen LogP contribution in [0.2, 0.25) is 5.02 Å². The van der Waals surface area contributed by atoms with E-state index >= 15 is 0 Å². The van der Waals surface area contributed by atoms with E-state index in [1.165, 1.54) is 28.1 Å². The maximum Gasteiger partial charge on any atom is 0.251 e. The van der Waals surface area contributed by atoms with E-state index in [1.54, 1.807) is 18.4 Å². The number of aromatic nitrogens is 9. The van der Waals surface area contributed by atoms with E-state index in [0.29, 0.717) is 16.4 Å². The molecule has 4 aromatic heterocycles. The van der Waals surface area contributed by atoms with Crippen LogP contribution in [0.4, 0.5) is 5.82 Å². The van der Waals surface area contributed by atoms with Crippen LogP contribution in [0, 0.1) is 0 Å². The minimum absolute atomic E-state index is 0.138. The van der Waals surface area contributed by atoms with Gasteiger partial charge >= 0.3 is 0 Å². The highest BCUT2D eigenvalue weighted by Gasteiger charge is 2.47. The van der Waals surface area contributed by atoms with Gasteiger partial charge in [0, 0.05) is 29.0 Å². The summed E-state index contributed by atoms with van der Waals surface area (Å²) in [5.74, 6) is -0.275. The monoisotopic (exact) mass is 504 g/mol. The van der Waals surface area contributed by atoms with Gasteiger partial charge in [0.25, 0.3) is 5.91 Å². The number of hydrogen-bond donors (Lipinski definition) is 4. The minimum Gasteiger partial charge on any atom is -0.387 e. The second-order valence-corrected chi connectivity index (χ2v) is 8.01. The largest absolute Gasteiger partial charge is 0.387 e. The van der Waals surface area contributed by atoms with Crippen LogP contribution < -0.4 is 10.6 Å². The zero-order valence-corrected chi connectivity index (χ0v) is 18.7. The molecule has 0 unspecified atom stereocenters. The van der Waals surface area contributed by atoms with Crippen LogP contribution in [0.15, 0.2) is 24.8 Å². The highest BCUT2D eigenvalue weighted by Crippen LogP contribution is 2.33. The van der Waals surface area contributed by atoms with Crippen molar-refractivity contribution in [1.82, 2.24) is 50.0 Å². The van der Waals surface area contributed by atoms with E-state index in [1.807, 2.05) is 0 Å². The molecule has 5 rings (SSSR count). The summed E-state index contributed by atoms with van der Waals surface area (Å²) in [5.41, 5.74) is 0.890. The fourth-order valence-corrected chi connectivity index (χ4v) is 3.80. The number of nitrogens with one attached hydrogen (secondary N) is 2. The summed E-state index contributed by atoms with van der Waals surface area (Å²) in [6.07, 6.45) is -2.10. The van der Waals surface area contributed by atoms with E-state index in [0.717, 1.165) is 0 Å². The molecular formula is C19H20ClN11O4. The molecule has 1 aliphatic rings. The number of carbonyl (C=O) groups excluding carboxylic acids is 1. The second-order valence-electron chi connectivity index (χ2n) is 7.58. The Morgan fingerprint density at radius 3 is 2.91 bits per heavy atom. The van der Waals surface area contributed by atoms with Crippen molar-refractivity contribution in [3.63, 3.8) is 0 Å². The molecule has 1 fully saturated rings. The van der Waals surface area contributed by atoms with Crippen LogP contribution in [0.3, 0.4) is 0 Å². The molecule has 0 aromatic carbocycles. The Labute approximate surface area is 206 Å². The van der Waals surface area contributed by atoms with Gasteiger partial charge in [-0.05, 0) is 11.3 Å². The fourth-order valence-electron chi connectivity index (χ4n) is 3.62. The summed E-state index contributed by atoms with van der Waals surface area (Å²) in [5, 5.41) is 38.2. The molecule has 0 spiro atoms. The van der Waals surface area contributed by atoms with Crippen molar-refractivity contribution in [3.8, 4) is 11.4 Å². The Morgan fingerprint density at radius 1 is 1.31 bits per heavy atom. The SMILES string of the molecule is [2H]C([2H])([2H])NC(=O)[C@H]1O[C@@H](n2cnc3c(NCc4nnn(C)n4)nc(-c4cncc(Cl)c4)nc32)[C@H](O)[C@@H]1O. The summed E-state index contributed by atoms with van der Waals surface area (Å²) in [7, 11) is 1.62. The van der Waals surface area contributed by atoms with Gasteiger partial charge in [-0.3, -0.25) is 14.3 Å². The van der Waals surface area contributed by atoms with Gasteiger partial charge in [0.2, 0.25) is 0 Å². The molecule has 4 atom stereocenters. The van der Waals surface area contributed by atoms with E-state index in [4.69, 9.17) is 20.5 Å². The first kappa shape index (κ1) is 19.5. The zero-order valence-electron chi connectivity index (χ0n) is 20.9. The third-order valence-corrected chi connectivity index (χ3v) is 5.45. The first-order valence-electron chi connectivity index (χ1n) is 11.7. The number of anilines is 1. The molecule has 1 saturated heterocycles. The Balaban J connectivity index is 1.54. The summed E-state index contributed by atoms with van der Waals surface area (Å²) < 4.78 is 28.6. The number of imidazole rings is 1. The Morgan fingerprint density at radius 2 is 2.17 bits per heavy atom. The standard InChI is InChI=1S/C19H20ClN11O4/c1-21-18(34)14-12(32)13(33)19(35-14)31-7-24-11-16(23-6-10-27-29-30(2)28-10)25-15(26-17(11)31)8-3-9(20)5-22-4-8/h3-5,7,12-14,19,32-33H,6H2,1-2H3,(H,21,34)(H,23,25,26)/t12-,13+,14-,19+/m0/s1/i1D3. The number of ether oxygens (including phenoxy) is 1.